The van der Waals surface area contributed by atoms with Gasteiger partial charge in [-0.2, -0.15) is 0 Å². The number of ether oxygens (including phenoxy) is 1. The molecule has 6 heteroatoms. The van der Waals surface area contributed by atoms with E-state index in [1.54, 1.807) is 41.5 Å². The lowest BCUT2D eigenvalue weighted by Gasteiger charge is -2.22. The Bertz CT molecular complexity index is 385. The molecule has 0 aromatic carbocycles. The quantitative estimate of drug-likeness (QED) is 0.816. The average molecular weight is 306 g/mol. The Morgan fingerprint density at radius 3 is 2.10 bits per heavy atom. The highest BCUT2D eigenvalue weighted by atomic mass is 35.5. The van der Waals surface area contributed by atoms with Gasteiger partial charge in [-0.25, -0.2) is 4.79 Å². The van der Waals surface area contributed by atoms with Crippen molar-refractivity contribution in [2.24, 2.45) is 11.8 Å². The van der Waals surface area contributed by atoms with Crippen LogP contribution in [0.2, 0.25) is 0 Å². The highest BCUT2D eigenvalue weighted by Crippen LogP contribution is 2.19. The van der Waals surface area contributed by atoms with Crippen molar-refractivity contribution in [3.8, 4) is 0 Å². The first-order valence-corrected chi connectivity index (χ1v) is 6.91. The summed E-state index contributed by atoms with van der Waals surface area (Å²) in [5.74, 6) is -1.72. The molecule has 2 unspecified atom stereocenters. The van der Waals surface area contributed by atoms with Gasteiger partial charge in [-0.15, -0.1) is 0 Å². The summed E-state index contributed by atoms with van der Waals surface area (Å²) in [5.41, 5.74) is -0.596. The molecule has 5 nitrogen and oxygen atoms in total. The third-order valence-corrected chi connectivity index (χ3v) is 2.94. The van der Waals surface area contributed by atoms with Gasteiger partial charge < -0.3 is 15.2 Å². The monoisotopic (exact) mass is 305 g/mol. The summed E-state index contributed by atoms with van der Waals surface area (Å²) in [6, 6.07) is -0.507. The average Bonchev–Trinajstić information content (AvgIpc) is 2.21. The Labute approximate surface area is 125 Å². The van der Waals surface area contributed by atoms with E-state index < -0.39 is 29.6 Å². The molecule has 2 atom stereocenters. The molecular formula is C14H24ClNO4. The first-order chi connectivity index (χ1) is 8.94. The number of carboxylic acid groups (broad SMARTS) is 1. The minimum Gasteiger partial charge on any atom is -0.481 e. The molecule has 1 amide bonds. The van der Waals surface area contributed by atoms with E-state index in [1.807, 2.05) is 0 Å². The molecule has 20 heavy (non-hydrogen) atoms. The molecule has 0 radical (unpaired) electrons. The molecule has 116 valence electrons. The molecule has 0 aromatic heterocycles. The fourth-order valence-electron chi connectivity index (χ4n) is 1.42. The molecule has 0 bridgehead atoms. The van der Waals surface area contributed by atoms with Crippen molar-refractivity contribution in [1.29, 1.82) is 0 Å². The van der Waals surface area contributed by atoms with Crippen LogP contribution in [0.3, 0.4) is 0 Å². The van der Waals surface area contributed by atoms with Gasteiger partial charge in [0.25, 0.3) is 0 Å². The third kappa shape index (κ3) is 7.38. The van der Waals surface area contributed by atoms with Crippen LogP contribution >= 0.6 is 11.6 Å². The lowest BCUT2D eigenvalue weighted by Crippen LogP contribution is -2.38. The summed E-state index contributed by atoms with van der Waals surface area (Å²) in [6.07, 6.45) is 0.865. The van der Waals surface area contributed by atoms with Gasteiger partial charge in [-0.3, -0.25) is 4.79 Å². The number of nitrogens with one attached hydrogen (secondary N) is 1. The lowest BCUT2D eigenvalue weighted by molar-refractivity contribution is -0.141. The van der Waals surface area contributed by atoms with Crippen molar-refractivity contribution in [1.82, 2.24) is 5.32 Å². The zero-order valence-electron chi connectivity index (χ0n) is 12.9. The van der Waals surface area contributed by atoms with E-state index in [0.29, 0.717) is 0 Å². The van der Waals surface area contributed by atoms with Gasteiger partial charge in [0.15, 0.2) is 0 Å². The minimum absolute atomic E-state index is 0.0880. The molecule has 0 aliphatic rings. The van der Waals surface area contributed by atoms with Gasteiger partial charge in [-0.1, -0.05) is 31.5 Å². The fourth-order valence-corrected chi connectivity index (χ4v) is 1.61. The van der Waals surface area contributed by atoms with Crippen LogP contribution in [0, 0.1) is 11.8 Å². The maximum Gasteiger partial charge on any atom is 0.408 e. The summed E-state index contributed by atoms with van der Waals surface area (Å²) < 4.78 is 5.11. The van der Waals surface area contributed by atoms with Crippen molar-refractivity contribution in [3.63, 3.8) is 0 Å². The predicted octanol–water partition coefficient (Wildman–Crippen LogP) is 3.38. The zero-order valence-corrected chi connectivity index (χ0v) is 13.6. The van der Waals surface area contributed by atoms with E-state index in [-0.39, 0.29) is 11.0 Å². The predicted molar refractivity (Wildman–Crippen MR) is 78.7 cm³/mol. The van der Waals surface area contributed by atoms with Crippen LogP contribution in [0.5, 0.6) is 0 Å². The normalized spacial score (nSPS) is 15.7. The SMILES string of the molecule is CC(NC(=O)OC(C)(C)C)C(Cl)=CC(C(=O)O)C(C)C. The number of halogens is 1. The van der Waals surface area contributed by atoms with Crippen LogP contribution in [-0.4, -0.2) is 28.8 Å². The summed E-state index contributed by atoms with van der Waals surface area (Å²) in [6.45, 7) is 10.5. The molecule has 0 aliphatic heterocycles. The molecule has 2 N–H and O–H groups in total. The fraction of sp³-hybridized carbons (Fsp3) is 0.714. The van der Waals surface area contributed by atoms with Crippen LogP contribution < -0.4 is 5.32 Å². The molecule has 0 saturated carbocycles. The highest BCUT2D eigenvalue weighted by Gasteiger charge is 2.22. The van der Waals surface area contributed by atoms with Gasteiger partial charge in [0.1, 0.15) is 5.60 Å². The van der Waals surface area contributed by atoms with Gasteiger partial charge in [0.05, 0.1) is 12.0 Å². The smallest absolute Gasteiger partial charge is 0.408 e. The number of hydrogen-bond acceptors (Lipinski definition) is 3. The van der Waals surface area contributed by atoms with E-state index in [9.17, 15) is 9.59 Å². The summed E-state index contributed by atoms with van der Waals surface area (Å²) in [4.78, 5) is 22.7. The van der Waals surface area contributed by atoms with Crippen molar-refractivity contribution in [2.45, 2.75) is 53.2 Å². The molecule has 0 aliphatic carbocycles. The summed E-state index contributed by atoms with van der Waals surface area (Å²) in [5, 5.41) is 11.9. The number of hydrogen-bond donors (Lipinski definition) is 2. The van der Waals surface area contributed by atoms with E-state index in [1.165, 1.54) is 6.08 Å². The number of rotatable bonds is 5. The summed E-state index contributed by atoms with van der Waals surface area (Å²) >= 11 is 6.06. The van der Waals surface area contributed by atoms with E-state index in [2.05, 4.69) is 5.32 Å². The Morgan fingerprint density at radius 1 is 1.25 bits per heavy atom. The number of alkyl carbamates (subject to hydrolysis) is 1. The first kappa shape index (κ1) is 18.8. The minimum atomic E-state index is -0.942. The molecule has 0 fully saturated rings. The third-order valence-electron chi connectivity index (χ3n) is 2.49. The molecule has 0 heterocycles. The number of carbonyl (C=O) groups excluding carboxylic acids is 1. The van der Waals surface area contributed by atoms with Crippen molar-refractivity contribution in [3.05, 3.63) is 11.1 Å². The Morgan fingerprint density at radius 2 is 1.75 bits per heavy atom. The van der Waals surface area contributed by atoms with Gasteiger partial charge in [0.2, 0.25) is 0 Å². The number of carbonyl (C=O) groups is 2. The van der Waals surface area contributed by atoms with Crippen LogP contribution in [0.25, 0.3) is 0 Å². The van der Waals surface area contributed by atoms with Gasteiger partial charge >= 0.3 is 12.1 Å². The van der Waals surface area contributed by atoms with Crippen molar-refractivity contribution in [2.75, 3.05) is 0 Å². The van der Waals surface area contributed by atoms with Gasteiger partial charge in [-0.05, 0) is 33.6 Å². The second-order valence-electron chi connectivity index (χ2n) is 6.03. The Hall–Kier alpha value is -1.23. The van der Waals surface area contributed by atoms with Crippen LogP contribution in [0.15, 0.2) is 11.1 Å². The standard InChI is InChI=1S/C14H24ClNO4/c1-8(2)10(12(17)18)7-11(15)9(3)16-13(19)20-14(4,5)6/h7-10H,1-6H3,(H,16,19)(H,17,18). The van der Waals surface area contributed by atoms with Crippen LogP contribution in [0.1, 0.15) is 41.5 Å². The summed E-state index contributed by atoms with van der Waals surface area (Å²) in [7, 11) is 0. The van der Waals surface area contributed by atoms with E-state index >= 15 is 0 Å². The largest absolute Gasteiger partial charge is 0.481 e. The number of amides is 1. The van der Waals surface area contributed by atoms with Crippen LogP contribution in [-0.2, 0) is 9.53 Å². The van der Waals surface area contributed by atoms with Crippen LogP contribution in [0.4, 0.5) is 4.79 Å². The second kappa shape index (κ2) is 7.53. The van der Waals surface area contributed by atoms with Crippen molar-refractivity contribution < 1.29 is 19.4 Å². The molecule has 0 saturated heterocycles. The molecule has 0 aromatic rings. The Balaban J connectivity index is 4.72. The Kier molecular flexibility index (Phi) is 7.06. The molecular weight excluding hydrogens is 282 g/mol. The van der Waals surface area contributed by atoms with Gasteiger partial charge in [0, 0.05) is 5.03 Å². The number of aliphatic carboxylic acids is 1. The van der Waals surface area contributed by atoms with Crippen molar-refractivity contribution >= 4 is 23.7 Å². The maximum absolute atomic E-state index is 11.6. The zero-order chi connectivity index (χ0) is 16.1. The van der Waals surface area contributed by atoms with E-state index in [4.69, 9.17) is 21.4 Å². The molecule has 0 rings (SSSR count). The lowest BCUT2D eigenvalue weighted by atomic mass is 9.95. The highest BCUT2D eigenvalue weighted by molar-refractivity contribution is 6.30. The van der Waals surface area contributed by atoms with E-state index in [0.717, 1.165) is 0 Å². The number of carboxylic acids is 1. The first-order valence-electron chi connectivity index (χ1n) is 6.53. The maximum atomic E-state index is 11.6. The second-order valence-corrected chi connectivity index (χ2v) is 6.46. The topological polar surface area (TPSA) is 75.6 Å². The molecule has 0 spiro atoms.